The van der Waals surface area contributed by atoms with E-state index in [2.05, 4.69) is 11.1 Å². The van der Waals surface area contributed by atoms with Crippen LogP contribution in [0.1, 0.15) is 0 Å². The zero-order chi connectivity index (χ0) is 55.2. The minimum absolute atomic E-state index is 0. The van der Waals surface area contributed by atoms with Crippen LogP contribution < -0.4 is 32.8 Å². The maximum Gasteiger partial charge on any atom is 0.858 e. The summed E-state index contributed by atoms with van der Waals surface area (Å²) in [6.07, 6.45) is 0. The van der Waals surface area contributed by atoms with Crippen LogP contribution >= 0.6 is 0 Å². The molecule has 0 atom stereocenters. The Balaban J connectivity index is 0.0000101. The van der Waals surface area contributed by atoms with E-state index in [0.29, 0.717) is 0 Å². The number of halogens is 31. The molecule has 3 nitrogen and oxygen atoms in total. The first-order valence-electron chi connectivity index (χ1n) is 17.8. The molecular weight excluding hydrogens is 1130 g/mol. The summed E-state index contributed by atoms with van der Waals surface area (Å²) in [5, 5.41) is 0. The van der Waals surface area contributed by atoms with Gasteiger partial charge >= 0.3 is 35.9 Å². The Hall–Kier alpha value is -6.24. The van der Waals surface area contributed by atoms with E-state index in [1.807, 2.05) is 0 Å². The van der Waals surface area contributed by atoms with Gasteiger partial charge in [0, 0.05) is 32.8 Å². The third-order valence-electron chi connectivity index (χ3n) is 9.78. The van der Waals surface area contributed by atoms with Crippen LogP contribution in [0.15, 0.2) is 0 Å². The van der Waals surface area contributed by atoms with Crippen LogP contribution in [0.4, 0.5) is 136 Å². The Bertz CT molecular complexity index is 2620. The quantitative estimate of drug-likeness (QED) is 0.0544. The molecule has 0 aliphatic heterocycles. The van der Waals surface area contributed by atoms with E-state index in [0.717, 1.165) is 0 Å². The lowest BCUT2D eigenvalue weighted by Gasteiger charge is -2.29. The van der Waals surface area contributed by atoms with E-state index in [9.17, 15) is 79.0 Å². The third kappa shape index (κ3) is 9.13. The standard InChI is InChI=1S/3C12BF10O.Al.FH/c3*14-3-1(4(15)8(19)11(22)7(3)18)13(24)2-5(16)9(20)12(23)10(21)6(2)17;;/h;;;;1H/q3*-1;+3;. The van der Waals surface area contributed by atoms with Crippen molar-refractivity contribution in [1.82, 2.24) is 0 Å². The SMILES string of the molecule is F.Fc1c(F)c(F)c(B([O][Al]([O]B(c2c(F)c(F)c(F)c(F)c2F)c2c(F)c(F)c(F)c(F)c2F)[O]B(c2c(F)c(F)c(F)c(F)c2F)c2c(F)c(F)c(F)c(F)c2F)c2c(F)c(F)c(F)c(F)c2F)c(F)c1F. The fourth-order valence-corrected chi connectivity index (χ4v) is 8.06. The highest BCUT2D eigenvalue weighted by molar-refractivity contribution is 6.90. The van der Waals surface area contributed by atoms with Crippen molar-refractivity contribution in [2.75, 3.05) is 0 Å². The topological polar surface area (TPSA) is 27.7 Å². The molecule has 0 saturated carbocycles. The molecule has 38 heteroatoms. The Morgan fingerprint density at radius 3 is 0.338 bits per heavy atom. The Kier molecular flexibility index (Phi) is 16.8. The summed E-state index contributed by atoms with van der Waals surface area (Å²) in [7, 11) is 0. The van der Waals surface area contributed by atoms with Crippen LogP contribution in [0.3, 0.4) is 0 Å². The average molecular weight is 1130 g/mol. The van der Waals surface area contributed by atoms with Crippen LogP contribution in [0.2, 0.25) is 0 Å². The lowest BCUT2D eigenvalue weighted by Crippen LogP contribution is -2.63. The van der Waals surface area contributed by atoms with Gasteiger partial charge in [-0.15, -0.1) is 0 Å². The van der Waals surface area contributed by atoms with Gasteiger partial charge in [0.2, 0.25) is 0 Å². The Morgan fingerprint density at radius 1 is 0.162 bits per heavy atom. The van der Waals surface area contributed by atoms with Gasteiger partial charge < -0.3 is 11.1 Å². The monoisotopic (exact) mass is 1130 g/mol. The normalized spacial score (nSPS) is 11.4. The molecule has 0 N–H and O–H groups in total. The molecule has 0 aromatic heterocycles. The maximum absolute atomic E-state index is 15.6. The number of hydrogen-bond acceptors (Lipinski definition) is 3. The zero-order valence-electron chi connectivity index (χ0n) is 33.3. The van der Waals surface area contributed by atoms with Crippen molar-refractivity contribution in [2.24, 2.45) is 0 Å². The minimum atomic E-state index is -7.47. The van der Waals surface area contributed by atoms with Crippen molar-refractivity contribution in [1.29, 1.82) is 0 Å². The van der Waals surface area contributed by atoms with Crippen molar-refractivity contribution in [3.05, 3.63) is 175 Å². The molecule has 0 bridgehead atoms. The summed E-state index contributed by atoms with van der Waals surface area (Å²) < 4.78 is 463. The van der Waals surface area contributed by atoms with Gasteiger partial charge in [-0.3, -0.25) is 4.70 Å². The van der Waals surface area contributed by atoms with Crippen molar-refractivity contribution in [2.45, 2.75) is 0 Å². The van der Waals surface area contributed by atoms with Gasteiger partial charge in [0.05, 0.1) is 0 Å². The summed E-state index contributed by atoms with van der Waals surface area (Å²) in [5.41, 5.74) is -19.8. The fourth-order valence-electron chi connectivity index (χ4n) is 6.38. The largest absolute Gasteiger partial charge is 0.858 e. The van der Waals surface area contributed by atoms with Crippen LogP contribution in [-0.4, -0.2) is 35.9 Å². The van der Waals surface area contributed by atoms with E-state index >= 15 is 52.7 Å². The first kappa shape index (κ1) is 58.6. The minimum Gasteiger partial charge on any atom is -0.514 e. The Morgan fingerprint density at radius 2 is 0.243 bits per heavy atom. The highest BCUT2D eigenvalue weighted by atomic mass is 27.3. The molecule has 6 rings (SSSR count). The third-order valence-corrected chi connectivity index (χ3v) is 11.3. The molecule has 0 amide bonds. The molecule has 74 heavy (non-hydrogen) atoms. The highest BCUT2D eigenvalue weighted by Crippen LogP contribution is 2.27. The lowest BCUT2D eigenvalue weighted by molar-refractivity contribution is 0.317. The number of benzene rings is 6. The summed E-state index contributed by atoms with van der Waals surface area (Å²) >= 11 is -7.47. The predicted molar refractivity (Wildman–Crippen MR) is 184 cm³/mol. The van der Waals surface area contributed by atoms with Crippen molar-refractivity contribution in [3.8, 4) is 0 Å². The Labute approximate surface area is 390 Å². The molecule has 0 saturated heterocycles. The van der Waals surface area contributed by atoms with Crippen LogP contribution in [0.25, 0.3) is 0 Å². The summed E-state index contributed by atoms with van der Waals surface area (Å²) in [5.74, 6) is -106. The molecule has 0 fully saturated rings. The summed E-state index contributed by atoms with van der Waals surface area (Å²) in [4.78, 5) is 0. The van der Waals surface area contributed by atoms with Gasteiger partial charge in [-0.2, -0.15) is 0 Å². The second-order valence-electron chi connectivity index (χ2n) is 13.7. The van der Waals surface area contributed by atoms with Gasteiger partial charge in [-0.25, -0.2) is 132 Å². The molecule has 6 aromatic rings. The molecule has 0 aliphatic rings. The molecular formula is C36HAlB3F31O3. The highest BCUT2D eigenvalue weighted by Gasteiger charge is 2.54. The van der Waals surface area contributed by atoms with E-state index < -0.39 is 243 Å². The summed E-state index contributed by atoms with van der Waals surface area (Å²) in [6, 6.07) is 0. The van der Waals surface area contributed by atoms with E-state index in [1.165, 1.54) is 0 Å². The van der Waals surface area contributed by atoms with E-state index in [4.69, 9.17) is 0 Å². The van der Waals surface area contributed by atoms with Gasteiger partial charge in [-0.05, 0) is 0 Å². The fraction of sp³-hybridized carbons (Fsp3) is 0. The first-order chi connectivity index (χ1) is 33.8. The van der Waals surface area contributed by atoms with Crippen molar-refractivity contribution >= 4 is 68.7 Å². The van der Waals surface area contributed by atoms with E-state index in [1.54, 1.807) is 0 Å². The van der Waals surface area contributed by atoms with Crippen LogP contribution in [-0.2, 0) is 11.1 Å². The van der Waals surface area contributed by atoms with Gasteiger partial charge in [0.15, 0.2) is 175 Å². The second kappa shape index (κ2) is 21.2. The zero-order valence-corrected chi connectivity index (χ0v) is 34.4. The molecule has 6 aromatic carbocycles. The number of rotatable bonds is 12. The van der Waals surface area contributed by atoms with Crippen LogP contribution in [0, 0.1) is 175 Å². The molecule has 0 spiro atoms. The lowest BCUT2D eigenvalue weighted by atomic mass is 9.54. The molecule has 0 aliphatic carbocycles. The van der Waals surface area contributed by atoms with Crippen molar-refractivity contribution in [3.63, 3.8) is 0 Å². The molecule has 0 radical (unpaired) electrons. The molecule has 392 valence electrons. The maximum atomic E-state index is 15.6. The van der Waals surface area contributed by atoms with Crippen LogP contribution in [0.5, 0.6) is 0 Å². The first-order valence-corrected chi connectivity index (χ1v) is 19.2. The average Bonchev–Trinajstić information content (AvgIpc) is 3.35. The smallest absolute Gasteiger partial charge is 0.514 e. The molecule has 0 unspecified atom stereocenters. The second-order valence-corrected chi connectivity index (χ2v) is 15.1. The number of hydrogen-bond donors (Lipinski definition) is 0. The predicted octanol–water partition coefficient (Wildman–Crippen LogP) is 7.76. The van der Waals surface area contributed by atoms with E-state index in [-0.39, 0.29) is 4.70 Å². The van der Waals surface area contributed by atoms with Gasteiger partial charge in [0.25, 0.3) is 0 Å². The molecule has 0 heterocycles. The summed E-state index contributed by atoms with van der Waals surface area (Å²) in [6.45, 7) is -14.6. The van der Waals surface area contributed by atoms with Gasteiger partial charge in [0.1, 0.15) is 0 Å². The van der Waals surface area contributed by atoms with Crippen molar-refractivity contribution < 1.29 is 148 Å². The van der Waals surface area contributed by atoms with Gasteiger partial charge in [-0.1, -0.05) is 0 Å².